The van der Waals surface area contributed by atoms with E-state index in [0.717, 1.165) is 32.1 Å². The molecule has 1 heterocycles. The molecule has 2 saturated carbocycles. The van der Waals surface area contributed by atoms with Gasteiger partial charge < -0.3 is 15.4 Å². The number of aliphatic imine (C=N–C) groups is 1. The Balaban J connectivity index is 1.60. The molecule has 5 heteroatoms. The molecule has 122 valence electrons. The van der Waals surface area contributed by atoms with E-state index in [0.29, 0.717) is 17.6 Å². The summed E-state index contributed by atoms with van der Waals surface area (Å²) in [5, 5.41) is 11.3. The molecule has 0 amide bonds. The lowest BCUT2D eigenvalue weighted by Gasteiger charge is -2.61. The topological polar surface area (TPSA) is 45.7 Å². The third-order valence-corrected chi connectivity index (χ3v) is 5.82. The highest BCUT2D eigenvalue weighted by atomic mass is 32.1. The van der Waals surface area contributed by atoms with Gasteiger partial charge in [0, 0.05) is 24.6 Å². The van der Waals surface area contributed by atoms with E-state index < -0.39 is 0 Å². The molecule has 0 radical (unpaired) electrons. The Bertz CT molecular complexity index is 496. The normalized spacial score (nSPS) is 26.4. The fraction of sp³-hybridized carbons (Fsp3) is 0.706. The van der Waals surface area contributed by atoms with Crippen molar-refractivity contribution in [1.29, 1.82) is 0 Å². The molecule has 0 aliphatic heterocycles. The molecular formula is C17H27N3OS. The van der Waals surface area contributed by atoms with Gasteiger partial charge in [0.05, 0.1) is 12.6 Å². The first-order valence-corrected chi connectivity index (χ1v) is 9.40. The average molecular weight is 321 g/mol. The number of guanidine groups is 1. The van der Waals surface area contributed by atoms with Crippen molar-refractivity contribution in [2.24, 2.45) is 10.4 Å². The molecule has 0 aromatic carbocycles. The van der Waals surface area contributed by atoms with Crippen LogP contribution in [0.5, 0.6) is 0 Å². The Morgan fingerprint density at radius 1 is 1.45 bits per heavy atom. The van der Waals surface area contributed by atoms with Crippen LogP contribution < -0.4 is 10.6 Å². The molecule has 2 N–H and O–H groups in total. The molecule has 1 aromatic rings. The van der Waals surface area contributed by atoms with E-state index in [-0.39, 0.29) is 0 Å². The molecule has 2 fully saturated rings. The minimum absolute atomic E-state index is 0.370. The number of ether oxygens (including phenoxy) is 1. The highest BCUT2D eigenvalue weighted by Gasteiger charge is 2.59. The van der Waals surface area contributed by atoms with Gasteiger partial charge >= 0.3 is 0 Å². The van der Waals surface area contributed by atoms with Crippen LogP contribution in [0.1, 0.15) is 45.1 Å². The molecular weight excluding hydrogens is 294 g/mol. The molecule has 2 aliphatic rings. The SMILES string of the molecule is CCNC(=NCc1ccsc1)NC1CC(OCC)C12CCC2. The predicted octanol–water partition coefficient (Wildman–Crippen LogP) is 3.15. The second-order valence-electron chi connectivity index (χ2n) is 6.29. The summed E-state index contributed by atoms with van der Waals surface area (Å²) in [6, 6.07) is 2.65. The van der Waals surface area contributed by atoms with Crippen molar-refractivity contribution in [2.45, 2.75) is 58.2 Å². The zero-order valence-corrected chi connectivity index (χ0v) is 14.4. The standard InChI is InChI=1S/C17H27N3OS/c1-3-18-16(19-11-13-6-9-22-12-13)20-14-10-15(21-4-2)17(14)7-5-8-17/h6,9,12,14-15H,3-5,7-8,10-11H2,1-2H3,(H2,18,19,20). The van der Waals surface area contributed by atoms with Crippen molar-refractivity contribution < 1.29 is 4.74 Å². The number of nitrogens with zero attached hydrogens (tertiary/aromatic N) is 1. The van der Waals surface area contributed by atoms with Crippen LogP contribution in [0.4, 0.5) is 0 Å². The van der Waals surface area contributed by atoms with E-state index in [1.165, 1.54) is 24.8 Å². The lowest BCUT2D eigenvalue weighted by molar-refractivity contribution is -0.168. The number of hydrogen-bond donors (Lipinski definition) is 2. The summed E-state index contributed by atoms with van der Waals surface area (Å²) >= 11 is 1.73. The van der Waals surface area contributed by atoms with Crippen LogP contribution in [0.2, 0.25) is 0 Å². The molecule has 22 heavy (non-hydrogen) atoms. The maximum Gasteiger partial charge on any atom is 0.191 e. The first-order valence-electron chi connectivity index (χ1n) is 8.46. The third-order valence-electron chi connectivity index (χ3n) is 5.09. The zero-order valence-electron chi connectivity index (χ0n) is 13.6. The third kappa shape index (κ3) is 3.01. The second kappa shape index (κ2) is 7.01. The number of hydrogen-bond acceptors (Lipinski definition) is 3. The van der Waals surface area contributed by atoms with E-state index in [9.17, 15) is 0 Å². The molecule has 0 saturated heterocycles. The molecule has 2 unspecified atom stereocenters. The summed E-state index contributed by atoms with van der Waals surface area (Å²) in [5.41, 5.74) is 1.65. The molecule has 2 aliphatic carbocycles. The fourth-order valence-electron chi connectivity index (χ4n) is 3.68. The van der Waals surface area contributed by atoms with E-state index in [2.05, 4.69) is 41.3 Å². The first-order chi connectivity index (χ1) is 10.8. The summed E-state index contributed by atoms with van der Waals surface area (Å²) in [6.07, 6.45) is 5.48. The summed E-state index contributed by atoms with van der Waals surface area (Å²) in [6.45, 7) is 6.67. The van der Waals surface area contributed by atoms with Crippen molar-refractivity contribution in [3.05, 3.63) is 22.4 Å². The second-order valence-corrected chi connectivity index (χ2v) is 7.07. The largest absolute Gasteiger partial charge is 0.378 e. The maximum absolute atomic E-state index is 5.93. The van der Waals surface area contributed by atoms with Crippen molar-refractivity contribution in [1.82, 2.24) is 10.6 Å². The predicted molar refractivity (Wildman–Crippen MR) is 92.4 cm³/mol. The Hall–Kier alpha value is -1.07. The Labute approximate surface area is 137 Å². The molecule has 1 spiro atoms. The number of thiophene rings is 1. The molecule has 3 rings (SSSR count). The van der Waals surface area contributed by atoms with Gasteiger partial charge in [0.1, 0.15) is 0 Å². The molecule has 2 atom stereocenters. The monoisotopic (exact) mass is 321 g/mol. The first kappa shape index (κ1) is 15.8. The Kier molecular flexibility index (Phi) is 5.03. The summed E-state index contributed by atoms with van der Waals surface area (Å²) in [5.74, 6) is 0.944. The van der Waals surface area contributed by atoms with Crippen LogP contribution in [0.15, 0.2) is 21.8 Å². The van der Waals surface area contributed by atoms with E-state index in [1.807, 2.05) is 0 Å². The summed E-state index contributed by atoms with van der Waals surface area (Å²) in [7, 11) is 0. The fourth-order valence-corrected chi connectivity index (χ4v) is 4.34. The molecule has 4 nitrogen and oxygen atoms in total. The lowest BCUT2D eigenvalue weighted by Crippen LogP contribution is -2.68. The van der Waals surface area contributed by atoms with Crippen molar-refractivity contribution in [3.63, 3.8) is 0 Å². The van der Waals surface area contributed by atoms with Crippen molar-refractivity contribution in [2.75, 3.05) is 13.2 Å². The quantitative estimate of drug-likeness (QED) is 0.625. The van der Waals surface area contributed by atoms with Crippen LogP contribution in [-0.4, -0.2) is 31.3 Å². The minimum Gasteiger partial charge on any atom is -0.378 e. The van der Waals surface area contributed by atoms with Gasteiger partial charge in [-0.2, -0.15) is 11.3 Å². The van der Waals surface area contributed by atoms with Gasteiger partial charge in [-0.05, 0) is 55.5 Å². The van der Waals surface area contributed by atoms with Crippen LogP contribution >= 0.6 is 11.3 Å². The smallest absolute Gasteiger partial charge is 0.191 e. The maximum atomic E-state index is 5.93. The van der Waals surface area contributed by atoms with Crippen LogP contribution in [0.3, 0.4) is 0 Å². The van der Waals surface area contributed by atoms with Gasteiger partial charge in [-0.3, -0.25) is 0 Å². The van der Waals surface area contributed by atoms with E-state index in [1.54, 1.807) is 11.3 Å². The van der Waals surface area contributed by atoms with Gasteiger partial charge in [0.2, 0.25) is 0 Å². The number of nitrogens with one attached hydrogen (secondary N) is 2. The van der Waals surface area contributed by atoms with Crippen molar-refractivity contribution >= 4 is 17.3 Å². The van der Waals surface area contributed by atoms with Gasteiger partial charge in [0.15, 0.2) is 5.96 Å². The summed E-state index contributed by atoms with van der Waals surface area (Å²) in [4.78, 5) is 4.73. The van der Waals surface area contributed by atoms with Gasteiger partial charge in [0.25, 0.3) is 0 Å². The van der Waals surface area contributed by atoms with Crippen LogP contribution in [-0.2, 0) is 11.3 Å². The molecule has 0 bridgehead atoms. The van der Waals surface area contributed by atoms with Gasteiger partial charge in [-0.15, -0.1) is 0 Å². The van der Waals surface area contributed by atoms with Crippen LogP contribution in [0.25, 0.3) is 0 Å². The van der Waals surface area contributed by atoms with E-state index >= 15 is 0 Å². The Morgan fingerprint density at radius 3 is 2.91 bits per heavy atom. The minimum atomic E-state index is 0.370. The highest BCUT2D eigenvalue weighted by molar-refractivity contribution is 7.07. The molecule has 1 aromatic heterocycles. The van der Waals surface area contributed by atoms with E-state index in [4.69, 9.17) is 9.73 Å². The van der Waals surface area contributed by atoms with Crippen LogP contribution in [0, 0.1) is 5.41 Å². The van der Waals surface area contributed by atoms with Gasteiger partial charge in [-0.1, -0.05) is 6.42 Å². The lowest BCUT2D eigenvalue weighted by atomic mass is 9.51. The Morgan fingerprint density at radius 2 is 2.32 bits per heavy atom. The van der Waals surface area contributed by atoms with Crippen molar-refractivity contribution in [3.8, 4) is 0 Å². The number of rotatable bonds is 6. The zero-order chi connectivity index (χ0) is 15.4. The highest BCUT2D eigenvalue weighted by Crippen LogP contribution is 2.57. The van der Waals surface area contributed by atoms with Gasteiger partial charge in [-0.25, -0.2) is 4.99 Å². The average Bonchev–Trinajstić information content (AvgIpc) is 2.95. The summed E-state index contributed by atoms with van der Waals surface area (Å²) < 4.78 is 5.93.